The molecule has 2 nitrogen and oxygen atoms in total. The van der Waals surface area contributed by atoms with Crippen LogP contribution >= 0.6 is 11.6 Å². The molecule has 1 aliphatic heterocycles. The maximum atomic E-state index is 6.03. The molecule has 3 heteroatoms. The summed E-state index contributed by atoms with van der Waals surface area (Å²) < 4.78 is 5.75. The SMILES string of the molecule is CCCCCCCN=C1CCCOc2cc(Cl)ccc21. The fourth-order valence-corrected chi connectivity index (χ4v) is 2.67. The number of rotatable bonds is 6. The lowest BCUT2D eigenvalue weighted by Gasteiger charge is -2.08. The van der Waals surface area contributed by atoms with Gasteiger partial charge in [0.25, 0.3) is 0 Å². The topological polar surface area (TPSA) is 21.6 Å². The highest BCUT2D eigenvalue weighted by atomic mass is 35.5. The fraction of sp³-hybridized carbons (Fsp3) is 0.588. The Morgan fingerprint density at radius 3 is 2.90 bits per heavy atom. The first kappa shape index (κ1) is 15.4. The molecule has 1 aromatic carbocycles. The summed E-state index contributed by atoms with van der Waals surface area (Å²) in [7, 11) is 0. The van der Waals surface area contributed by atoms with Crippen molar-refractivity contribution < 1.29 is 4.74 Å². The Balaban J connectivity index is 1.97. The average molecular weight is 294 g/mol. The molecule has 0 saturated carbocycles. The van der Waals surface area contributed by atoms with E-state index < -0.39 is 0 Å². The molecule has 0 radical (unpaired) electrons. The third-order valence-corrected chi connectivity index (χ3v) is 3.87. The molecule has 20 heavy (non-hydrogen) atoms. The highest BCUT2D eigenvalue weighted by Crippen LogP contribution is 2.28. The Morgan fingerprint density at radius 1 is 1.20 bits per heavy atom. The third-order valence-electron chi connectivity index (χ3n) is 3.63. The molecule has 2 rings (SSSR count). The Hall–Kier alpha value is -1.02. The van der Waals surface area contributed by atoms with Crippen molar-refractivity contribution in [3.63, 3.8) is 0 Å². The molecule has 0 bridgehead atoms. The van der Waals surface area contributed by atoms with Gasteiger partial charge in [-0.1, -0.05) is 44.2 Å². The van der Waals surface area contributed by atoms with Crippen molar-refractivity contribution in [2.75, 3.05) is 13.2 Å². The number of halogens is 1. The summed E-state index contributed by atoms with van der Waals surface area (Å²) >= 11 is 6.03. The van der Waals surface area contributed by atoms with Gasteiger partial charge in [0.15, 0.2) is 0 Å². The van der Waals surface area contributed by atoms with Crippen LogP contribution in [0.5, 0.6) is 5.75 Å². The summed E-state index contributed by atoms with van der Waals surface area (Å²) in [5.74, 6) is 0.889. The normalized spacial score (nSPS) is 16.6. The molecule has 0 fully saturated rings. The van der Waals surface area contributed by atoms with E-state index in [1.165, 1.54) is 37.8 Å². The van der Waals surface area contributed by atoms with Gasteiger partial charge in [0.05, 0.1) is 6.61 Å². The van der Waals surface area contributed by atoms with Crippen LogP contribution in [0.1, 0.15) is 57.4 Å². The molecular weight excluding hydrogens is 270 g/mol. The fourth-order valence-electron chi connectivity index (χ4n) is 2.50. The first-order chi connectivity index (χ1) is 9.81. The summed E-state index contributed by atoms with van der Waals surface area (Å²) in [4.78, 5) is 4.81. The minimum absolute atomic E-state index is 0.726. The van der Waals surface area contributed by atoms with Gasteiger partial charge in [0.2, 0.25) is 0 Å². The molecule has 0 N–H and O–H groups in total. The van der Waals surface area contributed by atoms with Crippen molar-refractivity contribution in [3.8, 4) is 5.75 Å². The van der Waals surface area contributed by atoms with E-state index in [1.54, 1.807) is 0 Å². The van der Waals surface area contributed by atoms with Gasteiger partial charge in [-0.05, 0) is 37.5 Å². The summed E-state index contributed by atoms with van der Waals surface area (Å²) in [6.45, 7) is 3.93. The second kappa shape index (κ2) is 8.31. The van der Waals surface area contributed by atoms with Gasteiger partial charge in [-0.15, -0.1) is 0 Å². The highest BCUT2D eigenvalue weighted by molar-refractivity contribution is 6.30. The number of benzene rings is 1. The summed E-state index contributed by atoms with van der Waals surface area (Å²) in [5, 5.41) is 0.726. The first-order valence-corrected chi connectivity index (χ1v) is 8.15. The number of hydrogen-bond acceptors (Lipinski definition) is 2. The van der Waals surface area contributed by atoms with E-state index >= 15 is 0 Å². The van der Waals surface area contributed by atoms with Crippen molar-refractivity contribution in [1.82, 2.24) is 0 Å². The van der Waals surface area contributed by atoms with E-state index in [-0.39, 0.29) is 0 Å². The van der Waals surface area contributed by atoms with E-state index in [0.29, 0.717) is 0 Å². The van der Waals surface area contributed by atoms with Crippen LogP contribution in [0, 0.1) is 0 Å². The maximum absolute atomic E-state index is 6.03. The highest BCUT2D eigenvalue weighted by Gasteiger charge is 2.14. The van der Waals surface area contributed by atoms with Crippen molar-refractivity contribution in [3.05, 3.63) is 28.8 Å². The van der Waals surface area contributed by atoms with Crippen molar-refractivity contribution in [2.45, 2.75) is 51.9 Å². The van der Waals surface area contributed by atoms with E-state index in [1.807, 2.05) is 18.2 Å². The Bertz CT molecular complexity index is 456. The van der Waals surface area contributed by atoms with Crippen LogP contribution < -0.4 is 4.74 Å². The number of hydrogen-bond donors (Lipinski definition) is 0. The molecule has 1 aliphatic rings. The molecule has 0 unspecified atom stereocenters. The van der Waals surface area contributed by atoms with Crippen LogP contribution in [0.15, 0.2) is 23.2 Å². The van der Waals surface area contributed by atoms with E-state index in [2.05, 4.69) is 6.92 Å². The smallest absolute Gasteiger partial charge is 0.129 e. The molecule has 0 aromatic heterocycles. The molecule has 0 atom stereocenters. The zero-order valence-electron chi connectivity index (χ0n) is 12.3. The third kappa shape index (κ3) is 4.52. The maximum Gasteiger partial charge on any atom is 0.129 e. The van der Waals surface area contributed by atoms with Crippen LogP contribution in [0.2, 0.25) is 5.02 Å². The van der Waals surface area contributed by atoms with Gasteiger partial charge < -0.3 is 4.74 Å². The minimum Gasteiger partial charge on any atom is -0.493 e. The zero-order valence-corrected chi connectivity index (χ0v) is 13.1. The Kier molecular flexibility index (Phi) is 6.38. The number of fused-ring (bicyclic) bond motifs is 1. The lowest BCUT2D eigenvalue weighted by Crippen LogP contribution is -2.01. The largest absolute Gasteiger partial charge is 0.493 e. The predicted molar refractivity (Wildman–Crippen MR) is 86.3 cm³/mol. The van der Waals surface area contributed by atoms with Gasteiger partial charge in [-0.3, -0.25) is 4.99 Å². The standard InChI is InChI=1S/C17H24ClNO/c1-2-3-4-5-6-11-19-16-8-7-12-20-17-13-14(18)9-10-15(16)17/h9-10,13H,2-8,11-12H2,1H3. The summed E-state index contributed by atoms with van der Waals surface area (Å²) in [6, 6.07) is 5.86. The Labute approximate surface area is 127 Å². The number of unbranched alkanes of at least 4 members (excludes halogenated alkanes) is 4. The molecule has 0 amide bonds. The van der Waals surface area contributed by atoms with Gasteiger partial charge >= 0.3 is 0 Å². The molecule has 0 saturated heterocycles. The van der Waals surface area contributed by atoms with Crippen LogP contribution in [-0.4, -0.2) is 18.9 Å². The van der Waals surface area contributed by atoms with Gasteiger partial charge in [-0.25, -0.2) is 0 Å². The summed E-state index contributed by atoms with van der Waals surface area (Å²) in [5.41, 5.74) is 2.31. The van der Waals surface area contributed by atoms with Crippen LogP contribution in [0.4, 0.5) is 0 Å². The first-order valence-electron chi connectivity index (χ1n) is 7.77. The molecular formula is C17H24ClNO. The van der Waals surface area contributed by atoms with Crippen molar-refractivity contribution in [2.24, 2.45) is 4.99 Å². The molecule has 110 valence electrons. The van der Waals surface area contributed by atoms with E-state index in [4.69, 9.17) is 21.3 Å². The second-order valence-electron chi connectivity index (χ2n) is 5.34. The quantitative estimate of drug-likeness (QED) is 0.655. The second-order valence-corrected chi connectivity index (χ2v) is 5.77. The number of aliphatic imine (C=N–C) groups is 1. The van der Waals surface area contributed by atoms with Gasteiger partial charge in [-0.2, -0.15) is 0 Å². The lowest BCUT2D eigenvalue weighted by molar-refractivity contribution is 0.318. The molecule has 1 heterocycles. The van der Waals surface area contributed by atoms with Gasteiger partial charge in [0, 0.05) is 22.8 Å². The lowest BCUT2D eigenvalue weighted by atomic mass is 10.1. The molecule has 0 aliphatic carbocycles. The van der Waals surface area contributed by atoms with Crippen LogP contribution in [0.25, 0.3) is 0 Å². The average Bonchev–Trinajstić information content (AvgIpc) is 2.64. The number of ether oxygens (including phenoxy) is 1. The van der Waals surface area contributed by atoms with Crippen LogP contribution in [0.3, 0.4) is 0 Å². The van der Waals surface area contributed by atoms with E-state index in [9.17, 15) is 0 Å². The predicted octanol–water partition coefficient (Wildman–Crippen LogP) is 5.27. The van der Waals surface area contributed by atoms with Crippen LogP contribution in [-0.2, 0) is 0 Å². The van der Waals surface area contributed by atoms with Crippen molar-refractivity contribution in [1.29, 1.82) is 0 Å². The molecule has 0 spiro atoms. The molecule has 1 aromatic rings. The van der Waals surface area contributed by atoms with Crippen molar-refractivity contribution >= 4 is 17.3 Å². The zero-order chi connectivity index (χ0) is 14.2. The Morgan fingerprint density at radius 2 is 2.05 bits per heavy atom. The van der Waals surface area contributed by atoms with Gasteiger partial charge in [0.1, 0.15) is 5.75 Å². The number of nitrogens with zero attached hydrogens (tertiary/aromatic N) is 1. The minimum atomic E-state index is 0.726. The van der Waals surface area contributed by atoms with E-state index in [0.717, 1.165) is 42.3 Å². The summed E-state index contributed by atoms with van der Waals surface area (Å²) in [6.07, 6.45) is 8.47. The monoisotopic (exact) mass is 293 g/mol.